The van der Waals surface area contributed by atoms with Gasteiger partial charge in [-0.2, -0.15) is 0 Å². The van der Waals surface area contributed by atoms with E-state index in [0.29, 0.717) is 22.0 Å². The van der Waals surface area contributed by atoms with E-state index in [1.54, 1.807) is 13.2 Å². The molecule has 21 heavy (non-hydrogen) atoms. The Morgan fingerprint density at radius 2 is 2.05 bits per heavy atom. The third kappa shape index (κ3) is 5.29. The molecule has 0 aliphatic rings. The van der Waals surface area contributed by atoms with Gasteiger partial charge < -0.3 is 20.5 Å². The number of carboxylic acids is 1. The Balaban J connectivity index is 2.92. The van der Waals surface area contributed by atoms with Crippen molar-refractivity contribution in [2.75, 3.05) is 19.0 Å². The lowest BCUT2D eigenvalue weighted by Crippen LogP contribution is -2.40. The molecule has 0 aromatic heterocycles. The van der Waals surface area contributed by atoms with Crippen LogP contribution in [-0.2, 0) is 4.74 Å². The maximum Gasteiger partial charge on any atom is 0.337 e. The molecule has 0 bridgehead atoms. The number of nitrogens with one attached hydrogen (secondary N) is 2. The molecule has 1 rings (SSSR count). The lowest BCUT2D eigenvalue weighted by Gasteiger charge is -2.18. The summed E-state index contributed by atoms with van der Waals surface area (Å²) in [5.41, 5.74) is 0.196. The molecular weight excluding hydrogens is 408 g/mol. The third-order valence-electron chi connectivity index (χ3n) is 2.72. The second kappa shape index (κ2) is 8.35. The van der Waals surface area contributed by atoms with E-state index >= 15 is 0 Å². The fourth-order valence-corrected chi connectivity index (χ4v) is 2.99. The van der Waals surface area contributed by atoms with Gasteiger partial charge in [-0.1, -0.05) is 22.9 Å². The first-order valence-corrected chi connectivity index (χ1v) is 7.76. The second-order valence-electron chi connectivity index (χ2n) is 4.27. The molecule has 0 radical (unpaired) electrons. The first-order valence-electron chi connectivity index (χ1n) is 6.17. The number of anilines is 1. The molecule has 0 spiro atoms. The van der Waals surface area contributed by atoms with Crippen LogP contribution in [-0.4, -0.2) is 36.9 Å². The zero-order valence-corrected chi connectivity index (χ0v) is 14.7. The Morgan fingerprint density at radius 3 is 2.57 bits per heavy atom. The summed E-state index contributed by atoms with van der Waals surface area (Å²) in [5, 5.41) is 14.5. The Morgan fingerprint density at radius 1 is 1.38 bits per heavy atom. The predicted octanol–water partition coefficient (Wildman–Crippen LogP) is 3.46. The summed E-state index contributed by atoms with van der Waals surface area (Å²) in [6.07, 6.45) is 0.703. The van der Waals surface area contributed by atoms with E-state index in [0.717, 1.165) is 0 Å². The van der Waals surface area contributed by atoms with E-state index in [1.807, 2.05) is 6.92 Å². The normalized spacial score (nSPS) is 11.8. The first kappa shape index (κ1) is 17.9. The topological polar surface area (TPSA) is 87.7 Å². The largest absolute Gasteiger partial charge is 0.478 e. The van der Waals surface area contributed by atoms with E-state index in [-0.39, 0.29) is 17.3 Å². The van der Waals surface area contributed by atoms with Crippen LogP contribution in [0, 0.1) is 0 Å². The van der Waals surface area contributed by atoms with Crippen LogP contribution >= 0.6 is 31.9 Å². The van der Waals surface area contributed by atoms with E-state index < -0.39 is 12.0 Å². The van der Waals surface area contributed by atoms with Gasteiger partial charge in [-0.15, -0.1) is 0 Å². The van der Waals surface area contributed by atoms with E-state index in [4.69, 9.17) is 4.74 Å². The minimum Gasteiger partial charge on any atom is -0.478 e. The summed E-state index contributed by atoms with van der Waals surface area (Å²) in [6, 6.07) is 2.46. The summed E-state index contributed by atoms with van der Waals surface area (Å²) in [4.78, 5) is 23.2. The minimum atomic E-state index is -1.13. The summed E-state index contributed by atoms with van der Waals surface area (Å²) in [6.45, 7) is 2.30. The van der Waals surface area contributed by atoms with Crippen molar-refractivity contribution in [3.63, 3.8) is 0 Å². The average molecular weight is 424 g/mol. The first-order chi connectivity index (χ1) is 9.88. The van der Waals surface area contributed by atoms with Crippen molar-refractivity contribution in [2.24, 2.45) is 0 Å². The molecule has 0 fully saturated rings. The molecule has 6 nitrogen and oxygen atoms in total. The van der Waals surface area contributed by atoms with Crippen LogP contribution in [0.25, 0.3) is 0 Å². The molecule has 2 amide bonds. The number of carbonyl (C=O) groups is 2. The quantitative estimate of drug-likeness (QED) is 0.653. The lowest BCUT2D eigenvalue weighted by molar-refractivity contribution is 0.0698. The number of benzene rings is 1. The fraction of sp³-hybridized carbons (Fsp3) is 0.385. The van der Waals surface area contributed by atoms with E-state index in [1.165, 1.54) is 6.07 Å². The smallest absolute Gasteiger partial charge is 0.337 e. The molecule has 1 aromatic rings. The van der Waals surface area contributed by atoms with Crippen molar-refractivity contribution >= 4 is 49.5 Å². The van der Waals surface area contributed by atoms with Gasteiger partial charge in [-0.05, 0) is 34.5 Å². The van der Waals surface area contributed by atoms with Gasteiger partial charge in [0.05, 0.1) is 23.9 Å². The van der Waals surface area contributed by atoms with Crippen LogP contribution in [0.2, 0.25) is 0 Å². The number of urea groups is 1. The van der Waals surface area contributed by atoms with Crippen molar-refractivity contribution in [1.29, 1.82) is 0 Å². The van der Waals surface area contributed by atoms with Gasteiger partial charge in [-0.3, -0.25) is 0 Å². The van der Waals surface area contributed by atoms with Crippen LogP contribution in [0.4, 0.5) is 10.5 Å². The summed E-state index contributed by atoms with van der Waals surface area (Å²) >= 11 is 6.46. The highest BCUT2D eigenvalue weighted by molar-refractivity contribution is 9.11. The fourth-order valence-electron chi connectivity index (χ4n) is 1.67. The van der Waals surface area contributed by atoms with Crippen LogP contribution in [0.5, 0.6) is 0 Å². The SMILES string of the molecule is CCC(COC)NC(=O)Nc1c(Br)cc(Br)cc1C(=O)O. The monoisotopic (exact) mass is 422 g/mol. The van der Waals surface area contributed by atoms with Crippen LogP contribution in [0.15, 0.2) is 21.1 Å². The number of halogens is 2. The molecule has 1 atom stereocenters. The van der Waals surface area contributed by atoms with Crippen molar-refractivity contribution in [3.05, 3.63) is 26.6 Å². The molecule has 0 heterocycles. The lowest BCUT2D eigenvalue weighted by atomic mass is 10.2. The van der Waals surface area contributed by atoms with Crippen LogP contribution in [0.1, 0.15) is 23.7 Å². The zero-order valence-electron chi connectivity index (χ0n) is 11.6. The summed E-state index contributed by atoms with van der Waals surface area (Å²) < 4.78 is 6.07. The van der Waals surface area contributed by atoms with Crippen LogP contribution < -0.4 is 10.6 Å². The van der Waals surface area contributed by atoms with Crippen molar-refractivity contribution < 1.29 is 19.4 Å². The van der Waals surface area contributed by atoms with Gasteiger partial charge in [0.25, 0.3) is 0 Å². The van der Waals surface area contributed by atoms with Crippen molar-refractivity contribution in [1.82, 2.24) is 5.32 Å². The summed E-state index contributed by atoms with van der Waals surface area (Å²) in [5.74, 6) is -1.13. The molecule has 0 aliphatic heterocycles. The molecule has 8 heteroatoms. The molecule has 3 N–H and O–H groups in total. The maximum atomic E-state index is 12.0. The van der Waals surface area contributed by atoms with Gasteiger partial charge >= 0.3 is 12.0 Å². The second-order valence-corrected chi connectivity index (χ2v) is 6.04. The molecule has 1 aromatic carbocycles. The van der Waals surface area contributed by atoms with E-state index in [2.05, 4.69) is 42.5 Å². The molecule has 116 valence electrons. The number of hydrogen-bond donors (Lipinski definition) is 3. The van der Waals surface area contributed by atoms with Gasteiger partial charge in [0.2, 0.25) is 0 Å². The molecule has 0 saturated heterocycles. The Hall–Kier alpha value is -1.12. The molecule has 0 aliphatic carbocycles. The average Bonchev–Trinajstić information content (AvgIpc) is 2.40. The maximum absolute atomic E-state index is 12.0. The highest BCUT2D eigenvalue weighted by Crippen LogP contribution is 2.30. The van der Waals surface area contributed by atoms with Gasteiger partial charge in [0, 0.05) is 16.1 Å². The van der Waals surface area contributed by atoms with Gasteiger partial charge in [0.1, 0.15) is 0 Å². The molecular formula is C13H16Br2N2O4. The van der Waals surface area contributed by atoms with Gasteiger partial charge in [0.15, 0.2) is 0 Å². The number of amides is 2. The van der Waals surface area contributed by atoms with Crippen LogP contribution in [0.3, 0.4) is 0 Å². The number of rotatable bonds is 6. The Labute approximate surface area is 139 Å². The molecule has 0 saturated carbocycles. The molecule has 1 unspecified atom stereocenters. The number of ether oxygens (including phenoxy) is 1. The number of methoxy groups -OCH3 is 1. The minimum absolute atomic E-state index is 0.00816. The third-order valence-corrected chi connectivity index (χ3v) is 3.80. The predicted molar refractivity (Wildman–Crippen MR) is 86.9 cm³/mol. The Kier molecular flexibility index (Phi) is 7.13. The number of carbonyl (C=O) groups excluding carboxylic acids is 1. The number of aromatic carboxylic acids is 1. The van der Waals surface area contributed by atoms with Crippen molar-refractivity contribution in [2.45, 2.75) is 19.4 Å². The van der Waals surface area contributed by atoms with E-state index in [9.17, 15) is 14.7 Å². The Bertz CT molecular complexity index is 537. The zero-order chi connectivity index (χ0) is 16.0. The van der Waals surface area contributed by atoms with Crippen molar-refractivity contribution in [3.8, 4) is 0 Å². The van der Waals surface area contributed by atoms with Gasteiger partial charge in [-0.25, -0.2) is 9.59 Å². The summed E-state index contributed by atoms with van der Waals surface area (Å²) in [7, 11) is 1.55. The number of hydrogen-bond acceptors (Lipinski definition) is 3. The highest BCUT2D eigenvalue weighted by atomic mass is 79.9. The number of carboxylic acid groups (broad SMARTS) is 1. The standard InChI is InChI=1S/C13H16Br2N2O4/c1-3-8(6-21-2)16-13(20)17-11-9(12(18)19)4-7(14)5-10(11)15/h4-5,8H,3,6H2,1-2H3,(H,18,19)(H2,16,17,20). The highest BCUT2D eigenvalue weighted by Gasteiger charge is 2.18.